The van der Waals surface area contributed by atoms with Crippen molar-refractivity contribution in [2.45, 2.75) is 51.1 Å². The Morgan fingerprint density at radius 1 is 1.29 bits per heavy atom. The number of hydrogen-bond acceptors (Lipinski definition) is 4. The van der Waals surface area contributed by atoms with E-state index in [0.29, 0.717) is 0 Å². The molecule has 0 unspecified atom stereocenters. The minimum Gasteiger partial charge on any atom is -0.317 e. The minimum absolute atomic E-state index is 0.163. The lowest BCUT2D eigenvalue weighted by Crippen LogP contribution is -2.50. The van der Waals surface area contributed by atoms with Crippen molar-refractivity contribution >= 4 is 11.3 Å². The highest BCUT2D eigenvalue weighted by atomic mass is 32.1. The van der Waals surface area contributed by atoms with Gasteiger partial charge in [-0.25, -0.2) is 4.98 Å². The van der Waals surface area contributed by atoms with Gasteiger partial charge in [0, 0.05) is 10.9 Å². The van der Waals surface area contributed by atoms with E-state index < -0.39 is 0 Å². The van der Waals surface area contributed by atoms with E-state index in [1.54, 1.807) is 0 Å². The summed E-state index contributed by atoms with van der Waals surface area (Å²) in [5, 5.41) is 8.65. The quantitative estimate of drug-likeness (QED) is 0.864. The molecule has 0 aromatic carbocycles. The molecular formula is C13H21N3S. The molecule has 0 amide bonds. The second-order valence-corrected chi connectivity index (χ2v) is 6.61. The predicted molar refractivity (Wildman–Crippen MR) is 71.5 cm³/mol. The molecule has 1 aromatic heterocycles. The minimum atomic E-state index is 0.163. The largest absolute Gasteiger partial charge is 0.317 e. The Morgan fingerprint density at radius 2 is 2.00 bits per heavy atom. The third-order valence-electron chi connectivity index (χ3n) is 3.95. The van der Waals surface area contributed by atoms with E-state index in [-0.39, 0.29) is 5.54 Å². The zero-order valence-electron chi connectivity index (χ0n) is 10.7. The van der Waals surface area contributed by atoms with Crippen LogP contribution in [0.4, 0.5) is 0 Å². The molecule has 3 nitrogen and oxygen atoms in total. The molecule has 1 aliphatic carbocycles. The molecule has 2 heterocycles. The van der Waals surface area contributed by atoms with E-state index in [4.69, 9.17) is 4.98 Å². The SMILES string of the molecule is Cc1nc(C2(NC3CC3)CCNCC2)sc1C. The maximum Gasteiger partial charge on any atom is 0.113 e. The fourth-order valence-electron chi connectivity index (χ4n) is 2.57. The van der Waals surface area contributed by atoms with Gasteiger partial charge in [-0.15, -0.1) is 11.3 Å². The molecule has 1 aliphatic heterocycles. The van der Waals surface area contributed by atoms with Gasteiger partial charge in [-0.1, -0.05) is 0 Å². The summed E-state index contributed by atoms with van der Waals surface area (Å²) in [6.45, 7) is 6.53. The van der Waals surface area contributed by atoms with E-state index in [9.17, 15) is 0 Å². The predicted octanol–water partition coefficient (Wildman–Crippen LogP) is 2.09. The van der Waals surface area contributed by atoms with Gasteiger partial charge in [-0.05, 0) is 52.6 Å². The monoisotopic (exact) mass is 251 g/mol. The summed E-state index contributed by atoms with van der Waals surface area (Å²) in [6.07, 6.45) is 5.04. The summed E-state index contributed by atoms with van der Waals surface area (Å²) < 4.78 is 0. The van der Waals surface area contributed by atoms with E-state index in [1.165, 1.54) is 41.3 Å². The number of nitrogens with one attached hydrogen (secondary N) is 2. The smallest absolute Gasteiger partial charge is 0.113 e. The van der Waals surface area contributed by atoms with E-state index in [1.807, 2.05) is 11.3 Å². The fourth-order valence-corrected chi connectivity index (χ4v) is 3.69. The Kier molecular flexibility index (Phi) is 2.97. The number of aryl methyl sites for hydroxylation is 2. The second kappa shape index (κ2) is 4.34. The highest BCUT2D eigenvalue weighted by molar-refractivity contribution is 7.11. The van der Waals surface area contributed by atoms with E-state index in [0.717, 1.165) is 19.1 Å². The first-order chi connectivity index (χ1) is 8.20. The first-order valence-electron chi connectivity index (χ1n) is 6.62. The molecule has 0 radical (unpaired) electrons. The first-order valence-corrected chi connectivity index (χ1v) is 7.44. The molecule has 1 aromatic rings. The number of thiazole rings is 1. The van der Waals surface area contributed by atoms with E-state index in [2.05, 4.69) is 24.5 Å². The van der Waals surface area contributed by atoms with Crippen molar-refractivity contribution in [3.05, 3.63) is 15.6 Å². The average molecular weight is 251 g/mol. The lowest BCUT2D eigenvalue weighted by atomic mass is 9.88. The van der Waals surface area contributed by atoms with Crippen LogP contribution in [0.25, 0.3) is 0 Å². The highest BCUT2D eigenvalue weighted by Gasteiger charge is 2.40. The zero-order chi connectivity index (χ0) is 11.9. The van der Waals surface area contributed by atoms with Crippen molar-refractivity contribution in [2.24, 2.45) is 0 Å². The third kappa shape index (κ3) is 2.26. The standard InChI is InChI=1S/C13H21N3S/c1-9-10(2)17-12(15-9)13(16-11-3-4-11)5-7-14-8-6-13/h11,14,16H,3-8H2,1-2H3. The molecule has 2 fully saturated rings. The number of rotatable bonds is 3. The normalized spacial score (nSPS) is 23.9. The number of piperidine rings is 1. The third-order valence-corrected chi connectivity index (χ3v) is 5.23. The van der Waals surface area contributed by atoms with Crippen molar-refractivity contribution in [1.29, 1.82) is 0 Å². The Hall–Kier alpha value is -0.450. The summed E-state index contributed by atoms with van der Waals surface area (Å²) in [5.74, 6) is 0. The van der Waals surface area contributed by atoms with Gasteiger partial charge in [0.25, 0.3) is 0 Å². The Morgan fingerprint density at radius 3 is 2.53 bits per heavy atom. The van der Waals surface area contributed by atoms with Gasteiger partial charge in [-0.3, -0.25) is 0 Å². The van der Waals surface area contributed by atoms with Crippen molar-refractivity contribution < 1.29 is 0 Å². The van der Waals surface area contributed by atoms with Crippen molar-refractivity contribution in [1.82, 2.24) is 15.6 Å². The summed E-state index contributed by atoms with van der Waals surface area (Å²) in [5.41, 5.74) is 1.37. The molecule has 0 spiro atoms. The molecule has 4 heteroatoms. The van der Waals surface area contributed by atoms with Crippen LogP contribution in [0.1, 0.15) is 41.3 Å². The molecule has 2 N–H and O–H groups in total. The van der Waals surface area contributed by atoms with Gasteiger partial charge in [0.2, 0.25) is 0 Å². The van der Waals surface area contributed by atoms with Gasteiger partial charge in [0.1, 0.15) is 5.01 Å². The van der Waals surface area contributed by atoms with Crippen LogP contribution in [0.2, 0.25) is 0 Å². The van der Waals surface area contributed by atoms with Crippen LogP contribution >= 0.6 is 11.3 Å². The molecule has 94 valence electrons. The van der Waals surface area contributed by atoms with Gasteiger partial charge in [-0.2, -0.15) is 0 Å². The fraction of sp³-hybridized carbons (Fsp3) is 0.769. The molecule has 3 rings (SSSR count). The summed E-state index contributed by atoms with van der Waals surface area (Å²) in [4.78, 5) is 6.19. The average Bonchev–Trinajstić information content (AvgIpc) is 3.06. The van der Waals surface area contributed by atoms with Crippen LogP contribution in [0, 0.1) is 13.8 Å². The molecule has 17 heavy (non-hydrogen) atoms. The van der Waals surface area contributed by atoms with Gasteiger partial charge >= 0.3 is 0 Å². The van der Waals surface area contributed by atoms with Gasteiger partial charge in [0.15, 0.2) is 0 Å². The summed E-state index contributed by atoms with van der Waals surface area (Å²) in [6, 6.07) is 0.748. The van der Waals surface area contributed by atoms with Gasteiger partial charge in [0.05, 0.1) is 11.2 Å². The number of aromatic nitrogens is 1. The van der Waals surface area contributed by atoms with Crippen LogP contribution in [-0.4, -0.2) is 24.1 Å². The molecule has 1 saturated carbocycles. The molecule has 0 atom stereocenters. The maximum absolute atomic E-state index is 4.82. The number of hydrogen-bond donors (Lipinski definition) is 2. The van der Waals surface area contributed by atoms with Crippen LogP contribution in [0.3, 0.4) is 0 Å². The maximum atomic E-state index is 4.82. The lowest BCUT2D eigenvalue weighted by molar-refractivity contribution is 0.242. The Bertz CT molecular complexity index is 383. The highest BCUT2D eigenvalue weighted by Crippen LogP contribution is 2.37. The molecular weight excluding hydrogens is 230 g/mol. The molecule has 1 saturated heterocycles. The van der Waals surface area contributed by atoms with Crippen LogP contribution in [0.15, 0.2) is 0 Å². The van der Waals surface area contributed by atoms with Crippen molar-refractivity contribution in [2.75, 3.05) is 13.1 Å². The van der Waals surface area contributed by atoms with Gasteiger partial charge < -0.3 is 10.6 Å². The topological polar surface area (TPSA) is 37.0 Å². The Balaban J connectivity index is 1.90. The van der Waals surface area contributed by atoms with Crippen LogP contribution in [-0.2, 0) is 5.54 Å². The molecule has 2 aliphatic rings. The lowest BCUT2D eigenvalue weighted by Gasteiger charge is -2.37. The van der Waals surface area contributed by atoms with Crippen LogP contribution in [0.5, 0.6) is 0 Å². The molecule has 0 bridgehead atoms. The van der Waals surface area contributed by atoms with Crippen molar-refractivity contribution in [3.63, 3.8) is 0 Å². The summed E-state index contributed by atoms with van der Waals surface area (Å²) >= 11 is 1.89. The second-order valence-electron chi connectivity index (χ2n) is 5.41. The van der Waals surface area contributed by atoms with Crippen LogP contribution < -0.4 is 10.6 Å². The Labute approximate surface area is 107 Å². The van der Waals surface area contributed by atoms with E-state index >= 15 is 0 Å². The summed E-state index contributed by atoms with van der Waals surface area (Å²) in [7, 11) is 0. The zero-order valence-corrected chi connectivity index (χ0v) is 11.5. The van der Waals surface area contributed by atoms with Crippen molar-refractivity contribution in [3.8, 4) is 0 Å². The number of nitrogens with zero attached hydrogens (tertiary/aromatic N) is 1. The first kappa shape index (κ1) is 11.6.